The van der Waals surface area contributed by atoms with Gasteiger partial charge in [-0.3, -0.25) is 19.8 Å². The number of amides is 2. The van der Waals surface area contributed by atoms with Gasteiger partial charge in [0.1, 0.15) is 0 Å². The predicted molar refractivity (Wildman–Crippen MR) is 90.3 cm³/mol. The fourth-order valence-electron chi connectivity index (χ4n) is 4.02. The zero-order valence-electron chi connectivity index (χ0n) is 14.3. The molecule has 0 spiro atoms. The maximum Gasteiger partial charge on any atom is 0.243 e. The van der Waals surface area contributed by atoms with Crippen LogP contribution in [0.15, 0.2) is 18.5 Å². The van der Waals surface area contributed by atoms with E-state index in [1.807, 2.05) is 11.8 Å². The van der Waals surface area contributed by atoms with Crippen molar-refractivity contribution in [2.75, 3.05) is 18.4 Å². The SMILES string of the molecule is CC(=O)N1CCC[C@@H]1[C@@H]1CCCN1[C@@H](C)C(=O)Nc1ncccn1. The summed E-state index contributed by atoms with van der Waals surface area (Å²) in [5.41, 5.74) is 0. The van der Waals surface area contributed by atoms with Crippen LogP contribution in [0, 0.1) is 0 Å². The van der Waals surface area contributed by atoms with Crippen LogP contribution in [-0.4, -0.2) is 62.8 Å². The molecular weight excluding hydrogens is 306 g/mol. The molecule has 7 nitrogen and oxygen atoms in total. The summed E-state index contributed by atoms with van der Waals surface area (Å²) in [6, 6.07) is 1.93. The third-order valence-electron chi connectivity index (χ3n) is 5.17. The number of hydrogen-bond donors (Lipinski definition) is 1. The molecule has 0 aromatic carbocycles. The van der Waals surface area contributed by atoms with Crippen molar-refractivity contribution in [2.45, 2.75) is 57.7 Å². The number of carbonyl (C=O) groups is 2. The Morgan fingerprint density at radius 3 is 2.54 bits per heavy atom. The molecule has 2 amide bonds. The monoisotopic (exact) mass is 331 g/mol. The number of rotatable bonds is 4. The summed E-state index contributed by atoms with van der Waals surface area (Å²) >= 11 is 0. The van der Waals surface area contributed by atoms with Crippen LogP contribution < -0.4 is 5.32 Å². The quantitative estimate of drug-likeness (QED) is 0.899. The summed E-state index contributed by atoms with van der Waals surface area (Å²) in [6.45, 7) is 5.28. The van der Waals surface area contributed by atoms with E-state index >= 15 is 0 Å². The average Bonchev–Trinajstić information content (AvgIpc) is 3.23. The van der Waals surface area contributed by atoms with Crippen molar-refractivity contribution in [3.05, 3.63) is 18.5 Å². The van der Waals surface area contributed by atoms with Crippen molar-refractivity contribution >= 4 is 17.8 Å². The number of likely N-dealkylation sites (tertiary alicyclic amines) is 2. The van der Waals surface area contributed by atoms with Gasteiger partial charge in [-0.15, -0.1) is 0 Å². The van der Waals surface area contributed by atoms with E-state index in [4.69, 9.17) is 0 Å². The molecule has 130 valence electrons. The van der Waals surface area contributed by atoms with Gasteiger partial charge in [0.15, 0.2) is 0 Å². The predicted octanol–water partition coefficient (Wildman–Crippen LogP) is 1.28. The number of hydrogen-bond acceptors (Lipinski definition) is 5. The van der Waals surface area contributed by atoms with Crippen molar-refractivity contribution in [2.24, 2.45) is 0 Å². The highest BCUT2D eigenvalue weighted by molar-refractivity contribution is 5.93. The Bertz CT molecular complexity index is 594. The van der Waals surface area contributed by atoms with Gasteiger partial charge in [-0.25, -0.2) is 9.97 Å². The molecule has 1 N–H and O–H groups in total. The molecule has 2 aliphatic rings. The fourth-order valence-corrected chi connectivity index (χ4v) is 4.02. The van der Waals surface area contributed by atoms with Gasteiger partial charge in [-0.2, -0.15) is 0 Å². The van der Waals surface area contributed by atoms with Gasteiger partial charge in [0, 0.05) is 37.9 Å². The van der Waals surface area contributed by atoms with E-state index in [0.717, 1.165) is 38.8 Å². The first-order valence-corrected chi connectivity index (χ1v) is 8.69. The first-order valence-electron chi connectivity index (χ1n) is 8.69. The summed E-state index contributed by atoms with van der Waals surface area (Å²) in [6.07, 6.45) is 7.38. The van der Waals surface area contributed by atoms with E-state index in [1.165, 1.54) is 0 Å². The first kappa shape index (κ1) is 16.8. The smallest absolute Gasteiger partial charge is 0.243 e. The summed E-state index contributed by atoms with van der Waals surface area (Å²) in [5.74, 6) is 0.371. The van der Waals surface area contributed by atoms with Gasteiger partial charge in [-0.05, 0) is 45.2 Å². The lowest BCUT2D eigenvalue weighted by molar-refractivity contribution is -0.131. The van der Waals surface area contributed by atoms with Gasteiger partial charge >= 0.3 is 0 Å². The van der Waals surface area contributed by atoms with E-state index in [1.54, 1.807) is 25.4 Å². The van der Waals surface area contributed by atoms with Crippen LogP contribution in [0.2, 0.25) is 0 Å². The number of anilines is 1. The highest BCUT2D eigenvalue weighted by Gasteiger charge is 2.41. The zero-order chi connectivity index (χ0) is 17.1. The summed E-state index contributed by atoms with van der Waals surface area (Å²) < 4.78 is 0. The van der Waals surface area contributed by atoms with Crippen LogP contribution in [-0.2, 0) is 9.59 Å². The maximum atomic E-state index is 12.6. The van der Waals surface area contributed by atoms with Crippen LogP contribution in [0.25, 0.3) is 0 Å². The second kappa shape index (κ2) is 7.25. The van der Waals surface area contributed by atoms with Gasteiger partial charge in [0.25, 0.3) is 0 Å². The Morgan fingerprint density at radius 1 is 1.17 bits per heavy atom. The molecule has 0 saturated carbocycles. The molecule has 2 fully saturated rings. The molecule has 2 aliphatic heterocycles. The van der Waals surface area contributed by atoms with Crippen molar-refractivity contribution in [3.63, 3.8) is 0 Å². The summed E-state index contributed by atoms with van der Waals surface area (Å²) in [5, 5.41) is 2.78. The molecule has 3 rings (SSSR count). The second-order valence-corrected chi connectivity index (χ2v) is 6.61. The Kier molecular flexibility index (Phi) is 5.08. The van der Waals surface area contributed by atoms with Crippen molar-refractivity contribution < 1.29 is 9.59 Å². The van der Waals surface area contributed by atoms with Gasteiger partial charge in [0.05, 0.1) is 6.04 Å². The standard InChI is InChI=1S/C17H25N5O2/c1-12(16(24)20-17-18-8-5-9-19-17)21-10-3-6-14(21)15-7-4-11-22(15)13(2)23/h5,8-9,12,14-15H,3-4,6-7,10-11H2,1-2H3,(H,18,19,20,24)/t12-,14-,15+/m0/s1. The number of nitrogens with zero attached hydrogens (tertiary/aromatic N) is 4. The molecule has 24 heavy (non-hydrogen) atoms. The van der Waals surface area contributed by atoms with Gasteiger partial charge in [0.2, 0.25) is 17.8 Å². The highest BCUT2D eigenvalue weighted by Crippen LogP contribution is 2.31. The molecule has 7 heteroatoms. The Hall–Kier alpha value is -2.02. The van der Waals surface area contributed by atoms with Crippen LogP contribution in [0.5, 0.6) is 0 Å². The lowest BCUT2D eigenvalue weighted by Gasteiger charge is -2.37. The molecule has 3 atom stereocenters. The number of nitrogens with one attached hydrogen (secondary N) is 1. The largest absolute Gasteiger partial charge is 0.338 e. The molecule has 1 aromatic heterocycles. The van der Waals surface area contributed by atoms with Crippen LogP contribution in [0.3, 0.4) is 0 Å². The number of carbonyl (C=O) groups excluding carboxylic acids is 2. The minimum atomic E-state index is -0.268. The molecule has 2 saturated heterocycles. The zero-order valence-corrected chi connectivity index (χ0v) is 14.3. The van der Waals surface area contributed by atoms with E-state index in [0.29, 0.717) is 5.95 Å². The van der Waals surface area contributed by atoms with Crippen molar-refractivity contribution in [3.8, 4) is 0 Å². The topological polar surface area (TPSA) is 78.4 Å². The van der Waals surface area contributed by atoms with E-state index < -0.39 is 0 Å². The molecular formula is C17H25N5O2. The lowest BCUT2D eigenvalue weighted by Crippen LogP contribution is -2.53. The van der Waals surface area contributed by atoms with Crippen molar-refractivity contribution in [1.82, 2.24) is 19.8 Å². The van der Waals surface area contributed by atoms with Gasteiger partial charge in [-0.1, -0.05) is 0 Å². The molecule has 0 aliphatic carbocycles. The molecule has 3 heterocycles. The highest BCUT2D eigenvalue weighted by atomic mass is 16.2. The van der Waals surface area contributed by atoms with Crippen LogP contribution >= 0.6 is 0 Å². The summed E-state index contributed by atoms with van der Waals surface area (Å²) in [4.78, 5) is 36.7. The molecule has 1 aromatic rings. The Morgan fingerprint density at radius 2 is 1.83 bits per heavy atom. The summed E-state index contributed by atoms with van der Waals surface area (Å²) in [7, 11) is 0. The Balaban J connectivity index is 1.68. The molecule has 0 bridgehead atoms. The normalized spacial score (nSPS) is 25.7. The number of aromatic nitrogens is 2. The van der Waals surface area contributed by atoms with Gasteiger partial charge < -0.3 is 4.90 Å². The molecule has 0 unspecified atom stereocenters. The Labute approximate surface area is 142 Å². The minimum Gasteiger partial charge on any atom is -0.338 e. The van der Waals surface area contributed by atoms with E-state index in [2.05, 4.69) is 20.2 Å². The molecule has 0 radical (unpaired) electrons. The van der Waals surface area contributed by atoms with E-state index in [-0.39, 0.29) is 29.9 Å². The van der Waals surface area contributed by atoms with Crippen LogP contribution in [0.4, 0.5) is 5.95 Å². The van der Waals surface area contributed by atoms with Crippen molar-refractivity contribution in [1.29, 1.82) is 0 Å². The lowest BCUT2D eigenvalue weighted by atomic mass is 10.0. The maximum absolute atomic E-state index is 12.6. The second-order valence-electron chi connectivity index (χ2n) is 6.61. The van der Waals surface area contributed by atoms with E-state index in [9.17, 15) is 9.59 Å². The van der Waals surface area contributed by atoms with Crippen LogP contribution in [0.1, 0.15) is 39.5 Å². The third kappa shape index (κ3) is 3.40. The fraction of sp³-hybridized carbons (Fsp3) is 0.647. The minimum absolute atomic E-state index is 0.0968. The first-order chi connectivity index (χ1) is 11.6. The third-order valence-corrected chi connectivity index (χ3v) is 5.17. The average molecular weight is 331 g/mol.